The zero-order valence-electron chi connectivity index (χ0n) is 16.0. The summed E-state index contributed by atoms with van der Waals surface area (Å²) in [4.78, 5) is 17.4. The van der Waals surface area contributed by atoms with E-state index in [9.17, 15) is 17.6 Å². The number of pyridine rings is 1. The molecule has 4 rings (SSSR count). The van der Waals surface area contributed by atoms with Crippen LogP contribution >= 0.6 is 0 Å². The van der Waals surface area contributed by atoms with E-state index in [1.807, 2.05) is 0 Å². The average Bonchev–Trinajstić information content (AvgIpc) is 3.23. The normalized spacial score (nSPS) is 15.0. The Morgan fingerprint density at radius 2 is 1.76 bits per heavy atom. The Morgan fingerprint density at radius 3 is 2.45 bits per heavy atom. The van der Waals surface area contributed by atoms with Gasteiger partial charge in [-0.3, -0.25) is 9.78 Å². The molecule has 1 aliphatic rings. The van der Waals surface area contributed by atoms with E-state index >= 15 is 0 Å². The molecule has 29 heavy (non-hydrogen) atoms. The van der Waals surface area contributed by atoms with Crippen molar-refractivity contribution in [2.24, 2.45) is 0 Å². The molecule has 1 fully saturated rings. The Labute approximate surface area is 168 Å². The Balaban J connectivity index is 1.59. The molecule has 2 aromatic carbocycles. The molecule has 1 heterocycles. The quantitative estimate of drug-likeness (QED) is 0.677. The lowest BCUT2D eigenvalue weighted by atomic mass is 10.1. The molecule has 1 amide bonds. The van der Waals surface area contributed by atoms with Crippen LogP contribution in [0.25, 0.3) is 10.9 Å². The van der Waals surface area contributed by atoms with Gasteiger partial charge in [0.25, 0.3) is 5.91 Å². The smallest absolute Gasteiger partial charge is 0.256 e. The number of aryl methyl sites for hydroxylation is 1. The lowest BCUT2D eigenvalue weighted by Crippen LogP contribution is -2.18. The topological polar surface area (TPSA) is 76.1 Å². The first-order valence-corrected chi connectivity index (χ1v) is 11.1. The minimum Gasteiger partial charge on any atom is -0.322 e. The van der Waals surface area contributed by atoms with E-state index in [-0.39, 0.29) is 16.1 Å². The van der Waals surface area contributed by atoms with Crippen LogP contribution in [0.2, 0.25) is 0 Å². The molecular weight excluding hydrogens is 391 g/mol. The summed E-state index contributed by atoms with van der Waals surface area (Å²) in [5.41, 5.74) is 1.89. The van der Waals surface area contributed by atoms with E-state index in [1.54, 1.807) is 25.1 Å². The maximum Gasteiger partial charge on any atom is 0.256 e. The lowest BCUT2D eigenvalue weighted by molar-refractivity contribution is 0.102. The molecule has 0 atom stereocenters. The van der Waals surface area contributed by atoms with Crippen LogP contribution in [-0.4, -0.2) is 24.6 Å². The molecule has 1 saturated carbocycles. The number of sulfone groups is 1. The number of halogens is 1. The van der Waals surface area contributed by atoms with Crippen LogP contribution in [0.3, 0.4) is 0 Å². The number of hydrogen-bond donors (Lipinski definition) is 1. The number of aromatic nitrogens is 1. The van der Waals surface area contributed by atoms with Crippen molar-refractivity contribution in [1.82, 2.24) is 4.98 Å². The summed E-state index contributed by atoms with van der Waals surface area (Å²) in [5.74, 6) is -0.778. The van der Waals surface area contributed by atoms with Crippen molar-refractivity contribution >= 4 is 32.3 Å². The van der Waals surface area contributed by atoms with Crippen molar-refractivity contribution in [3.63, 3.8) is 0 Å². The predicted octanol–water partition coefficient (Wildman–Crippen LogP) is 4.65. The molecule has 150 valence electrons. The van der Waals surface area contributed by atoms with Gasteiger partial charge in [-0.05, 0) is 62.2 Å². The third-order valence-corrected chi connectivity index (χ3v) is 7.60. The second kappa shape index (κ2) is 7.55. The van der Waals surface area contributed by atoms with Gasteiger partial charge in [0.2, 0.25) is 0 Å². The number of benzene rings is 2. The Bertz CT molecular complexity index is 1180. The summed E-state index contributed by atoms with van der Waals surface area (Å²) in [6, 6.07) is 12.0. The molecular formula is C22H21FN2O3S. The van der Waals surface area contributed by atoms with Gasteiger partial charge < -0.3 is 5.32 Å². The second-order valence-electron chi connectivity index (χ2n) is 7.40. The molecule has 1 aliphatic carbocycles. The molecule has 1 aromatic heterocycles. The number of nitrogens with one attached hydrogen (secondary N) is 1. The largest absolute Gasteiger partial charge is 0.322 e. The van der Waals surface area contributed by atoms with Gasteiger partial charge in [0, 0.05) is 22.8 Å². The highest BCUT2D eigenvalue weighted by molar-refractivity contribution is 7.92. The number of carbonyl (C=O) groups is 1. The summed E-state index contributed by atoms with van der Waals surface area (Å²) in [6.45, 7) is 1.74. The van der Waals surface area contributed by atoms with Crippen LogP contribution in [0.5, 0.6) is 0 Å². The van der Waals surface area contributed by atoms with Crippen molar-refractivity contribution < 1.29 is 17.6 Å². The summed E-state index contributed by atoms with van der Waals surface area (Å²) in [6.07, 6.45) is 3.30. The van der Waals surface area contributed by atoms with Crippen LogP contribution in [0.4, 0.5) is 10.1 Å². The van der Waals surface area contributed by atoms with Gasteiger partial charge in [-0.25, -0.2) is 12.8 Å². The SMILES string of the molecule is Cc1cc(C(=O)Nc2ccc(S(=O)(=O)C3CCCC3)cc2)c2ccc(F)cc2n1. The third-order valence-electron chi connectivity index (χ3n) is 5.33. The molecule has 5 nitrogen and oxygen atoms in total. The number of anilines is 1. The van der Waals surface area contributed by atoms with Crippen LogP contribution in [0, 0.1) is 12.7 Å². The van der Waals surface area contributed by atoms with Gasteiger partial charge in [-0.1, -0.05) is 12.8 Å². The molecule has 0 bridgehead atoms. The fourth-order valence-corrected chi connectivity index (χ4v) is 5.69. The third kappa shape index (κ3) is 3.87. The number of carbonyl (C=O) groups excluding carboxylic acids is 1. The first kappa shape index (κ1) is 19.5. The van der Waals surface area contributed by atoms with E-state index in [4.69, 9.17) is 0 Å². The Hall–Kier alpha value is -2.80. The van der Waals surface area contributed by atoms with Gasteiger partial charge >= 0.3 is 0 Å². The van der Waals surface area contributed by atoms with Gasteiger partial charge in [0.1, 0.15) is 5.82 Å². The molecule has 3 aromatic rings. The molecule has 1 N–H and O–H groups in total. The summed E-state index contributed by atoms with van der Waals surface area (Å²) >= 11 is 0. The van der Waals surface area contributed by atoms with E-state index in [1.165, 1.54) is 30.3 Å². The molecule has 0 saturated heterocycles. The minimum absolute atomic E-state index is 0.281. The standard InChI is InChI=1S/C22H21FN2O3S/c1-14-12-20(19-11-6-15(23)13-21(19)24-14)22(26)25-16-7-9-18(10-8-16)29(27,28)17-4-2-3-5-17/h6-13,17H,2-5H2,1H3,(H,25,26). The Kier molecular flexibility index (Phi) is 5.08. The maximum absolute atomic E-state index is 13.5. The van der Waals surface area contributed by atoms with Gasteiger partial charge in [-0.15, -0.1) is 0 Å². The van der Waals surface area contributed by atoms with Crippen LogP contribution in [0.15, 0.2) is 53.4 Å². The molecule has 0 unspecified atom stereocenters. The number of rotatable bonds is 4. The average molecular weight is 412 g/mol. The van der Waals surface area contributed by atoms with Crippen molar-refractivity contribution in [3.8, 4) is 0 Å². The van der Waals surface area contributed by atoms with Crippen molar-refractivity contribution in [2.75, 3.05) is 5.32 Å². The highest BCUT2D eigenvalue weighted by Gasteiger charge is 2.30. The van der Waals surface area contributed by atoms with Crippen LogP contribution < -0.4 is 5.32 Å². The summed E-state index contributed by atoms with van der Waals surface area (Å²) < 4.78 is 38.9. The van der Waals surface area contributed by atoms with E-state index in [0.717, 1.165) is 12.8 Å². The molecule has 0 spiro atoms. The summed E-state index contributed by atoms with van der Waals surface area (Å²) in [5, 5.41) is 3.03. The van der Waals surface area contributed by atoms with Gasteiger partial charge in [0.05, 0.1) is 21.2 Å². The Morgan fingerprint density at radius 1 is 1.07 bits per heavy atom. The van der Waals surface area contributed by atoms with Crippen LogP contribution in [0.1, 0.15) is 41.7 Å². The highest BCUT2D eigenvalue weighted by Crippen LogP contribution is 2.30. The number of fused-ring (bicyclic) bond motifs is 1. The monoisotopic (exact) mass is 412 g/mol. The van der Waals surface area contributed by atoms with Gasteiger partial charge in [-0.2, -0.15) is 0 Å². The number of nitrogens with zero attached hydrogens (tertiary/aromatic N) is 1. The van der Waals surface area contributed by atoms with E-state index < -0.39 is 15.7 Å². The van der Waals surface area contributed by atoms with Crippen molar-refractivity contribution in [1.29, 1.82) is 0 Å². The van der Waals surface area contributed by atoms with E-state index in [0.29, 0.717) is 40.7 Å². The first-order chi connectivity index (χ1) is 13.8. The molecule has 7 heteroatoms. The van der Waals surface area contributed by atoms with Crippen LogP contribution in [-0.2, 0) is 9.84 Å². The van der Waals surface area contributed by atoms with E-state index in [2.05, 4.69) is 10.3 Å². The van der Waals surface area contributed by atoms with Gasteiger partial charge in [0.15, 0.2) is 9.84 Å². The fourth-order valence-electron chi connectivity index (χ4n) is 3.84. The van der Waals surface area contributed by atoms with Crippen molar-refractivity contribution in [3.05, 3.63) is 65.6 Å². The first-order valence-electron chi connectivity index (χ1n) is 9.57. The fraction of sp³-hybridized carbons (Fsp3) is 0.273. The molecule has 0 aliphatic heterocycles. The number of amides is 1. The highest BCUT2D eigenvalue weighted by atomic mass is 32.2. The summed E-state index contributed by atoms with van der Waals surface area (Å²) in [7, 11) is -3.33. The zero-order chi connectivity index (χ0) is 20.6. The zero-order valence-corrected chi connectivity index (χ0v) is 16.8. The molecule has 0 radical (unpaired) electrons. The minimum atomic E-state index is -3.33. The second-order valence-corrected chi connectivity index (χ2v) is 9.63. The predicted molar refractivity (Wildman–Crippen MR) is 110 cm³/mol. The number of hydrogen-bond acceptors (Lipinski definition) is 4. The van der Waals surface area contributed by atoms with Crippen molar-refractivity contribution in [2.45, 2.75) is 42.8 Å². The lowest BCUT2D eigenvalue weighted by Gasteiger charge is -2.12. The maximum atomic E-state index is 13.5.